The van der Waals surface area contributed by atoms with Gasteiger partial charge in [-0.05, 0) is 46.0 Å². The van der Waals surface area contributed by atoms with Crippen molar-refractivity contribution in [1.82, 2.24) is 15.1 Å². The fraction of sp³-hybridized carbons (Fsp3) is 0.643. The topological polar surface area (TPSA) is 55.8 Å². The van der Waals surface area contributed by atoms with Crippen molar-refractivity contribution in [3.8, 4) is 0 Å². The molecule has 0 aromatic carbocycles. The third-order valence-electron chi connectivity index (χ3n) is 3.93. The number of halogens is 1. The van der Waals surface area contributed by atoms with Crippen LogP contribution >= 0.6 is 12.4 Å². The van der Waals surface area contributed by atoms with Crippen LogP contribution in [0.15, 0.2) is 23.9 Å². The zero-order chi connectivity index (χ0) is 14.0. The average Bonchev–Trinajstić information content (AvgIpc) is 2.90. The molecule has 2 heterocycles. The number of allylic oxidation sites excluding steroid dienone is 2. The smallest absolute Gasteiger partial charge is 0.335 e. The number of nitrogens with one attached hydrogen (secondary N) is 1. The molecule has 0 bridgehead atoms. The minimum atomic E-state index is -0.835. The van der Waals surface area contributed by atoms with Gasteiger partial charge in [-0.1, -0.05) is 0 Å². The molecule has 0 aliphatic carbocycles. The molecule has 20 heavy (non-hydrogen) atoms. The monoisotopic (exact) mass is 301 g/mol. The molecule has 0 spiro atoms. The minimum Gasteiger partial charge on any atom is -0.478 e. The van der Waals surface area contributed by atoms with Crippen LogP contribution in [0.1, 0.15) is 20.3 Å². The van der Waals surface area contributed by atoms with E-state index in [9.17, 15) is 9.90 Å². The normalized spacial score (nSPS) is 25.9. The van der Waals surface area contributed by atoms with Crippen LogP contribution in [0, 0.1) is 0 Å². The highest BCUT2D eigenvalue weighted by Crippen LogP contribution is 2.25. The summed E-state index contributed by atoms with van der Waals surface area (Å²) in [6.07, 6.45) is 6.40. The molecule has 2 rings (SSSR count). The van der Waals surface area contributed by atoms with Crippen LogP contribution in [-0.4, -0.2) is 59.3 Å². The van der Waals surface area contributed by atoms with E-state index in [0.29, 0.717) is 11.6 Å². The minimum absolute atomic E-state index is 0. The SMILES string of the molecule is CC(C)N1C=CC=C(C(=O)O)C1N(C)[C@@H]1CCNC1.Cl. The molecular weight excluding hydrogens is 278 g/mol. The predicted octanol–water partition coefficient (Wildman–Crippen LogP) is 1.28. The Hall–Kier alpha value is -1.04. The van der Waals surface area contributed by atoms with Gasteiger partial charge in [0.15, 0.2) is 0 Å². The fourth-order valence-electron chi connectivity index (χ4n) is 2.83. The van der Waals surface area contributed by atoms with Crippen molar-refractivity contribution in [1.29, 1.82) is 0 Å². The van der Waals surface area contributed by atoms with Crippen LogP contribution in [0.4, 0.5) is 0 Å². The molecule has 6 heteroatoms. The van der Waals surface area contributed by atoms with E-state index in [1.165, 1.54) is 0 Å². The number of carbonyl (C=O) groups is 1. The molecule has 1 unspecified atom stereocenters. The zero-order valence-electron chi connectivity index (χ0n) is 12.2. The number of nitrogens with zero attached hydrogens (tertiary/aromatic N) is 2. The maximum atomic E-state index is 11.5. The molecule has 1 saturated heterocycles. The van der Waals surface area contributed by atoms with Crippen LogP contribution in [0.2, 0.25) is 0 Å². The first-order chi connectivity index (χ1) is 9.02. The molecule has 2 aliphatic rings. The van der Waals surface area contributed by atoms with Gasteiger partial charge in [0.05, 0.1) is 5.57 Å². The standard InChI is InChI=1S/C14H23N3O2.ClH/c1-10(2)17-8-4-5-12(14(18)19)13(17)16(3)11-6-7-15-9-11;/h4-5,8,10-11,13,15H,6-7,9H2,1-3H3,(H,18,19);1H/t11-,13?;/m1./s1. The van der Waals surface area contributed by atoms with Gasteiger partial charge in [-0.3, -0.25) is 4.90 Å². The lowest BCUT2D eigenvalue weighted by Gasteiger charge is -2.43. The van der Waals surface area contributed by atoms with Gasteiger partial charge < -0.3 is 15.3 Å². The molecule has 114 valence electrons. The lowest BCUT2D eigenvalue weighted by atomic mass is 10.0. The van der Waals surface area contributed by atoms with E-state index >= 15 is 0 Å². The summed E-state index contributed by atoms with van der Waals surface area (Å²) >= 11 is 0. The van der Waals surface area contributed by atoms with E-state index in [2.05, 4.69) is 29.0 Å². The molecule has 0 saturated carbocycles. The third kappa shape index (κ3) is 3.34. The molecular formula is C14H24ClN3O2. The summed E-state index contributed by atoms with van der Waals surface area (Å²) in [5, 5.41) is 12.8. The Morgan fingerprint density at radius 1 is 1.55 bits per heavy atom. The summed E-state index contributed by atoms with van der Waals surface area (Å²) in [5.74, 6) is -0.835. The van der Waals surface area contributed by atoms with Gasteiger partial charge in [0.2, 0.25) is 0 Å². The van der Waals surface area contributed by atoms with Gasteiger partial charge >= 0.3 is 5.97 Å². The van der Waals surface area contributed by atoms with Crippen LogP contribution in [0.3, 0.4) is 0 Å². The van der Waals surface area contributed by atoms with Gasteiger partial charge in [-0.2, -0.15) is 0 Å². The number of aliphatic carboxylic acids is 1. The van der Waals surface area contributed by atoms with E-state index in [4.69, 9.17) is 0 Å². The van der Waals surface area contributed by atoms with Gasteiger partial charge in [-0.15, -0.1) is 12.4 Å². The summed E-state index contributed by atoms with van der Waals surface area (Å²) in [5.41, 5.74) is 0.450. The summed E-state index contributed by atoms with van der Waals surface area (Å²) in [4.78, 5) is 15.8. The maximum absolute atomic E-state index is 11.5. The highest BCUT2D eigenvalue weighted by atomic mass is 35.5. The van der Waals surface area contributed by atoms with Crippen molar-refractivity contribution in [2.75, 3.05) is 20.1 Å². The zero-order valence-corrected chi connectivity index (χ0v) is 13.1. The first-order valence-corrected chi connectivity index (χ1v) is 6.84. The first-order valence-electron chi connectivity index (χ1n) is 6.84. The third-order valence-corrected chi connectivity index (χ3v) is 3.93. The Morgan fingerprint density at radius 3 is 2.75 bits per heavy atom. The highest BCUT2D eigenvalue weighted by Gasteiger charge is 2.35. The van der Waals surface area contributed by atoms with E-state index in [0.717, 1.165) is 19.5 Å². The van der Waals surface area contributed by atoms with Crippen LogP contribution < -0.4 is 5.32 Å². The number of likely N-dealkylation sites (N-methyl/N-ethyl adjacent to an activating group) is 1. The van der Waals surface area contributed by atoms with Crippen molar-refractivity contribution in [2.45, 2.75) is 38.5 Å². The van der Waals surface area contributed by atoms with Crippen molar-refractivity contribution in [2.24, 2.45) is 0 Å². The van der Waals surface area contributed by atoms with Crippen molar-refractivity contribution < 1.29 is 9.90 Å². The Labute approximate surface area is 126 Å². The lowest BCUT2D eigenvalue weighted by Crippen LogP contribution is -2.54. The van der Waals surface area contributed by atoms with E-state index in [1.807, 2.05) is 19.3 Å². The Bertz CT molecular complexity index is 403. The fourth-order valence-corrected chi connectivity index (χ4v) is 2.83. The van der Waals surface area contributed by atoms with Gasteiger partial charge in [0.1, 0.15) is 6.17 Å². The summed E-state index contributed by atoms with van der Waals surface area (Å²) in [6.45, 7) is 6.10. The molecule has 0 aromatic heterocycles. The van der Waals surface area contributed by atoms with Crippen LogP contribution in [-0.2, 0) is 4.79 Å². The van der Waals surface area contributed by atoms with Crippen molar-refractivity contribution in [3.05, 3.63) is 23.9 Å². The molecule has 2 N–H and O–H groups in total. The van der Waals surface area contributed by atoms with Crippen molar-refractivity contribution in [3.63, 3.8) is 0 Å². The molecule has 0 radical (unpaired) electrons. The lowest BCUT2D eigenvalue weighted by molar-refractivity contribution is -0.134. The number of rotatable bonds is 4. The largest absolute Gasteiger partial charge is 0.478 e. The summed E-state index contributed by atoms with van der Waals surface area (Å²) in [7, 11) is 2.02. The number of hydrogen-bond donors (Lipinski definition) is 2. The van der Waals surface area contributed by atoms with Gasteiger partial charge in [-0.25, -0.2) is 4.79 Å². The van der Waals surface area contributed by atoms with E-state index in [1.54, 1.807) is 6.08 Å². The second-order valence-electron chi connectivity index (χ2n) is 5.50. The van der Waals surface area contributed by atoms with E-state index in [-0.39, 0.29) is 24.6 Å². The molecule has 2 aliphatic heterocycles. The molecule has 0 amide bonds. The predicted molar refractivity (Wildman–Crippen MR) is 81.9 cm³/mol. The maximum Gasteiger partial charge on any atom is 0.335 e. The second kappa shape index (κ2) is 7.11. The Morgan fingerprint density at radius 2 is 2.25 bits per heavy atom. The van der Waals surface area contributed by atoms with Crippen LogP contribution in [0.5, 0.6) is 0 Å². The Balaban J connectivity index is 0.00000200. The molecule has 0 aromatic rings. The van der Waals surface area contributed by atoms with Gasteiger partial charge in [0.25, 0.3) is 0 Å². The molecule has 1 fully saturated rings. The van der Waals surface area contributed by atoms with Crippen molar-refractivity contribution >= 4 is 18.4 Å². The van der Waals surface area contributed by atoms with Gasteiger partial charge in [0, 0.05) is 24.8 Å². The summed E-state index contributed by atoms with van der Waals surface area (Å²) in [6, 6.07) is 0.654. The highest BCUT2D eigenvalue weighted by molar-refractivity contribution is 5.88. The molecule has 2 atom stereocenters. The molecule has 5 nitrogen and oxygen atoms in total. The van der Waals surface area contributed by atoms with Crippen LogP contribution in [0.25, 0.3) is 0 Å². The quantitative estimate of drug-likeness (QED) is 0.819. The second-order valence-corrected chi connectivity index (χ2v) is 5.50. The summed E-state index contributed by atoms with van der Waals surface area (Å²) < 4.78 is 0. The average molecular weight is 302 g/mol. The number of carboxylic acids is 1. The first kappa shape index (κ1) is 17.0. The Kier molecular flexibility index (Phi) is 6.05. The number of hydrogen-bond acceptors (Lipinski definition) is 4. The van der Waals surface area contributed by atoms with E-state index < -0.39 is 5.97 Å². The number of carboxylic acid groups (broad SMARTS) is 1.